The molecule has 0 atom stereocenters. The molecule has 7 heteroatoms. The highest BCUT2D eigenvalue weighted by molar-refractivity contribution is 14.1. The molecule has 0 radical (unpaired) electrons. The van der Waals surface area contributed by atoms with Crippen LogP contribution in [0.3, 0.4) is 0 Å². The fourth-order valence-electron chi connectivity index (χ4n) is 0.777. The number of azide groups is 2. The van der Waals surface area contributed by atoms with Crippen LogP contribution in [0, 0.1) is 3.57 Å². The van der Waals surface area contributed by atoms with Crippen molar-refractivity contribution in [1.82, 2.24) is 0 Å². The molecular formula is C6H3IN6. The van der Waals surface area contributed by atoms with Crippen molar-refractivity contribution in [1.29, 1.82) is 0 Å². The minimum Gasteiger partial charge on any atom is -0.0607 e. The Kier molecular flexibility index (Phi) is 3.39. The molecule has 0 aliphatic heterocycles. The third-order valence-electron chi connectivity index (χ3n) is 1.26. The highest BCUT2D eigenvalue weighted by atomic mass is 127. The number of halogens is 1. The molecule has 0 heterocycles. The van der Waals surface area contributed by atoms with Crippen LogP contribution in [0.5, 0.6) is 0 Å². The van der Waals surface area contributed by atoms with Gasteiger partial charge in [0.05, 0.1) is 5.69 Å². The van der Waals surface area contributed by atoms with Crippen LogP contribution in [0.15, 0.2) is 28.4 Å². The summed E-state index contributed by atoms with van der Waals surface area (Å²) in [6.07, 6.45) is 0. The van der Waals surface area contributed by atoms with Crippen LogP contribution in [0.25, 0.3) is 20.9 Å². The number of hydrogen-bond acceptors (Lipinski definition) is 2. The Morgan fingerprint density at radius 1 is 1.15 bits per heavy atom. The topological polar surface area (TPSA) is 97.5 Å². The van der Waals surface area contributed by atoms with Crippen molar-refractivity contribution in [2.75, 3.05) is 0 Å². The van der Waals surface area contributed by atoms with E-state index in [0.29, 0.717) is 11.4 Å². The van der Waals surface area contributed by atoms with Gasteiger partial charge in [-0.3, -0.25) is 0 Å². The normalized spacial score (nSPS) is 8.38. The van der Waals surface area contributed by atoms with Crippen LogP contribution >= 0.6 is 22.6 Å². The van der Waals surface area contributed by atoms with Gasteiger partial charge in [-0.15, -0.1) is 0 Å². The van der Waals surface area contributed by atoms with E-state index in [1.165, 1.54) is 0 Å². The third-order valence-corrected chi connectivity index (χ3v) is 2.13. The van der Waals surface area contributed by atoms with E-state index in [-0.39, 0.29) is 0 Å². The quantitative estimate of drug-likeness (QED) is 0.337. The summed E-state index contributed by atoms with van der Waals surface area (Å²) in [5.41, 5.74) is 17.2. The van der Waals surface area contributed by atoms with E-state index >= 15 is 0 Å². The van der Waals surface area contributed by atoms with E-state index in [9.17, 15) is 0 Å². The Morgan fingerprint density at radius 2 is 1.85 bits per heavy atom. The first-order chi connectivity index (χ1) is 6.29. The van der Waals surface area contributed by atoms with Gasteiger partial charge in [-0.25, -0.2) is 0 Å². The van der Waals surface area contributed by atoms with Crippen molar-refractivity contribution in [3.8, 4) is 0 Å². The van der Waals surface area contributed by atoms with E-state index < -0.39 is 0 Å². The molecule has 0 N–H and O–H groups in total. The third kappa shape index (κ3) is 2.25. The Morgan fingerprint density at radius 3 is 2.46 bits per heavy atom. The number of hydrogen-bond donors (Lipinski definition) is 0. The summed E-state index contributed by atoms with van der Waals surface area (Å²) in [7, 11) is 0. The molecule has 64 valence electrons. The molecule has 0 unspecified atom stereocenters. The van der Waals surface area contributed by atoms with Gasteiger partial charge in [0.15, 0.2) is 0 Å². The Bertz CT molecular complexity index is 415. The summed E-state index contributed by atoms with van der Waals surface area (Å²) in [5, 5.41) is 6.83. The summed E-state index contributed by atoms with van der Waals surface area (Å²) in [6, 6.07) is 5.08. The number of rotatable bonds is 2. The van der Waals surface area contributed by atoms with Crippen molar-refractivity contribution in [2.24, 2.45) is 10.2 Å². The van der Waals surface area contributed by atoms with E-state index in [4.69, 9.17) is 11.1 Å². The lowest BCUT2D eigenvalue weighted by Gasteiger charge is -1.99. The van der Waals surface area contributed by atoms with Crippen LogP contribution in [0.1, 0.15) is 0 Å². The molecule has 0 aliphatic carbocycles. The maximum absolute atomic E-state index is 8.26. The Hall–Kier alpha value is -1.43. The molecule has 1 aromatic rings. The largest absolute Gasteiger partial charge is 0.0607 e. The van der Waals surface area contributed by atoms with Gasteiger partial charge in [0.2, 0.25) is 0 Å². The maximum Gasteiger partial charge on any atom is 0.0604 e. The zero-order valence-corrected chi connectivity index (χ0v) is 8.45. The lowest BCUT2D eigenvalue weighted by Crippen LogP contribution is -1.71. The molecule has 0 aliphatic rings. The van der Waals surface area contributed by atoms with E-state index in [1.807, 2.05) is 22.6 Å². The molecule has 0 saturated heterocycles. The van der Waals surface area contributed by atoms with Crippen LogP contribution in [-0.4, -0.2) is 0 Å². The first kappa shape index (κ1) is 9.66. The second-order valence-corrected chi connectivity index (χ2v) is 3.15. The van der Waals surface area contributed by atoms with Crippen molar-refractivity contribution >= 4 is 34.0 Å². The zero-order chi connectivity index (χ0) is 9.68. The molecule has 0 saturated carbocycles. The van der Waals surface area contributed by atoms with Crippen LogP contribution < -0.4 is 0 Å². The van der Waals surface area contributed by atoms with Crippen molar-refractivity contribution < 1.29 is 0 Å². The SMILES string of the molecule is [N-]=[N+]=Nc1cccc(I)c1N=[N+]=[N-]. The molecule has 0 amide bonds. The lowest BCUT2D eigenvalue weighted by atomic mass is 10.3. The fourth-order valence-corrected chi connectivity index (χ4v) is 1.37. The van der Waals surface area contributed by atoms with Gasteiger partial charge in [-0.05, 0) is 39.7 Å². The summed E-state index contributed by atoms with van der Waals surface area (Å²) < 4.78 is 0.750. The number of nitrogens with zero attached hydrogens (tertiary/aromatic N) is 6. The van der Waals surface area contributed by atoms with Crippen LogP contribution in [-0.2, 0) is 0 Å². The van der Waals surface area contributed by atoms with Gasteiger partial charge in [-0.1, -0.05) is 22.4 Å². The van der Waals surface area contributed by atoms with Gasteiger partial charge in [0.25, 0.3) is 0 Å². The summed E-state index contributed by atoms with van der Waals surface area (Å²) in [4.78, 5) is 5.27. The smallest absolute Gasteiger partial charge is 0.0604 e. The van der Waals surface area contributed by atoms with Gasteiger partial charge in [-0.2, -0.15) is 0 Å². The average molecular weight is 286 g/mol. The van der Waals surface area contributed by atoms with Gasteiger partial charge < -0.3 is 0 Å². The minimum absolute atomic E-state index is 0.340. The maximum atomic E-state index is 8.26. The zero-order valence-electron chi connectivity index (χ0n) is 6.29. The van der Waals surface area contributed by atoms with Crippen LogP contribution in [0.2, 0.25) is 0 Å². The second-order valence-electron chi connectivity index (χ2n) is 1.99. The van der Waals surface area contributed by atoms with Gasteiger partial charge in [0, 0.05) is 19.1 Å². The minimum atomic E-state index is 0.340. The summed E-state index contributed by atoms with van der Waals surface area (Å²) in [5.74, 6) is 0. The van der Waals surface area contributed by atoms with Crippen molar-refractivity contribution in [3.05, 3.63) is 42.7 Å². The molecular weight excluding hydrogens is 283 g/mol. The summed E-state index contributed by atoms with van der Waals surface area (Å²) in [6.45, 7) is 0. The van der Waals surface area contributed by atoms with Crippen molar-refractivity contribution in [3.63, 3.8) is 0 Å². The molecule has 1 aromatic carbocycles. The van der Waals surface area contributed by atoms with Gasteiger partial charge >= 0.3 is 0 Å². The Balaban J connectivity index is 3.41. The van der Waals surface area contributed by atoms with Crippen molar-refractivity contribution in [2.45, 2.75) is 0 Å². The van der Waals surface area contributed by atoms with E-state index in [1.54, 1.807) is 18.2 Å². The molecule has 0 spiro atoms. The first-order valence-electron chi connectivity index (χ1n) is 3.18. The highest BCUT2D eigenvalue weighted by Crippen LogP contribution is 2.32. The number of benzene rings is 1. The predicted octanol–water partition coefficient (Wildman–Crippen LogP) is 4.17. The first-order valence-corrected chi connectivity index (χ1v) is 4.26. The lowest BCUT2D eigenvalue weighted by molar-refractivity contribution is 1.38. The monoisotopic (exact) mass is 286 g/mol. The van der Waals surface area contributed by atoms with E-state index in [0.717, 1.165) is 3.57 Å². The highest BCUT2D eigenvalue weighted by Gasteiger charge is 2.01. The molecule has 0 bridgehead atoms. The fraction of sp³-hybridized carbons (Fsp3) is 0. The summed E-state index contributed by atoms with van der Waals surface area (Å²) >= 11 is 2.00. The molecule has 1 rings (SSSR count). The van der Waals surface area contributed by atoms with Crippen LogP contribution in [0.4, 0.5) is 11.4 Å². The average Bonchev–Trinajstić information content (AvgIpc) is 2.11. The standard InChI is InChI=1S/C6H3IN6/c7-4-2-1-3-5(10-12-8)6(4)11-13-9/h1-3H. The molecule has 13 heavy (non-hydrogen) atoms. The molecule has 0 aromatic heterocycles. The van der Waals surface area contributed by atoms with E-state index in [2.05, 4.69) is 20.1 Å². The second kappa shape index (κ2) is 4.56. The Labute approximate surface area is 87.0 Å². The molecule has 0 fully saturated rings. The predicted molar refractivity (Wildman–Crippen MR) is 56.8 cm³/mol. The van der Waals surface area contributed by atoms with Gasteiger partial charge in [0.1, 0.15) is 0 Å². The molecule has 6 nitrogen and oxygen atoms in total.